The molecule has 1 aliphatic carbocycles. The van der Waals surface area contributed by atoms with Gasteiger partial charge in [-0.05, 0) is 68.9 Å². The molecule has 0 aliphatic heterocycles. The smallest absolute Gasteiger partial charge is 0.341 e. The summed E-state index contributed by atoms with van der Waals surface area (Å²) in [4.78, 5) is 26.7. The predicted octanol–water partition coefficient (Wildman–Crippen LogP) is 5.06. The van der Waals surface area contributed by atoms with Gasteiger partial charge in [0.25, 0.3) is 0 Å². The Morgan fingerprint density at radius 3 is 2.68 bits per heavy atom. The van der Waals surface area contributed by atoms with Crippen molar-refractivity contribution in [3.63, 3.8) is 0 Å². The number of nitrogens with zero attached hydrogens (tertiary/aromatic N) is 3. The average Bonchev–Trinajstić information content (AvgIpc) is 3.42. The SMILES string of the molecule is CCOC(=O)c1c(NC(=O)CSc2nnc(C(C)Oc3ccc(OC)cc3)n2C)sc2c1CCC(C)C2. The van der Waals surface area contributed by atoms with E-state index in [1.807, 2.05) is 42.8 Å². The zero-order chi connectivity index (χ0) is 26.5. The van der Waals surface area contributed by atoms with Gasteiger partial charge >= 0.3 is 5.97 Å². The van der Waals surface area contributed by atoms with Crippen LogP contribution in [0, 0.1) is 5.92 Å². The largest absolute Gasteiger partial charge is 0.497 e. The van der Waals surface area contributed by atoms with E-state index in [0.717, 1.165) is 35.5 Å². The molecule has 2 aromatic heterocycles. The van der Waals surface area contributed by atoms with Crippen molar-refractivity contribution in [2.45, 2.75) is 51.3 Å². The summed E-state index contributed by atoms with van der Waals surface area (Å²) in [5.41, 5.74) is 1.53. The summed E-state index contributed by atoms with van der Waals surface area (Å²) < 4.78 is 18.3. The van der Waals surface area contributed by atoms with Crippen LogP contribution in [0.2, 0.25) is 0 Å². The van der Waals surface area contributed by atoms with Crippen molar-refractivity contribution < 1.29 is 23.8 Å². The third-order valence-corrected chi connectivity index (χ3v) is 8.37. The highest BCUT2D eigenvalue weighted by molar-refractivity contribution is 7.99. The van der Waals surface area contributed by atoms with Gasteiger partial charge in [0.05, 0.1) is 25.0 Å². The van der Waals surface area contributed by atoms with E-state index in [-0.39, 0.29) is 30.3 Å². The minimum atomic E-state index is -0.374. The number of aromatic nitrogens is 3. The number of benzene rings is 1. The number of hydrogen-bond donors (Lipinski definition) is 1. The number of esters is 1. The Morgan fingerprint density at radius 2 is 1.97 bits per heavy atom. The number of thiophene rings is 1. The van der Waals surface area contributed by atoms with Gasteiger partial charge in [0.2, 0.25) is 5.91 Å². The van der Waals surface area contributed by atoms with E-state index >= 15 is 0 Å². The highest BCUT2D eigenvalue weighted by Gasteiger charge is 2.29. The highest BCUT2D eigenvalue weighted by Crippen LogP contribution is 2.40. The van der Waals surface area contributed by atoms with Crippen LogP contribution >= 0.6 is 23.1 Å². The number of hydrogen-bond acceptors (Lipinski definition) is 9. The lowest BCUT2D eigenvalue weighted by molar-refractivity contribution is -0.113. The molecule has 0 spiro atoms. The molecule has 0 bridgehead atoms. The molecule has 11 heteroatoms. The summed E-state index contributed by atoms with van der Waals surface area (Å²) >= 11 is 2.76. The van der Waals surface area contributed by atoms with Crippen molar-refractivity contribution in [3.8, 4) is 11.5 Å². The Hall–Kier alpha value is -3.05. The molecule has 2 unspecified atom stereocenters. The number of rotatable bonds is 10. The quantitative estimate of drug-likeness (QED) is 0.279. The molecular weight excluding hydrogens is 512 g/mol. The molecule has 1 N–H and O–H groups in total. The molecule has 3 aromatic rings. The minimum Gasteiger partial charge on any atom is -0.497 e. The Kier molecular flexibility index (Phi) is 8.75. The van der Waals surface area contributed by atoms with E-state index < -0.39 is 0 Å². The van der Waals surface area contributed by atoms with Crippen LogP contribution in [0.4, 0.5) is 5.00 Å². The van der Waals surface area contributed by atoms with Crippen LogP contribution < -0.4 is 14.8 Å². The summed E-state index contributed by atoms with van der Waals surface area (Å²) in [7, 11) is 3.46. The van der Waals surface area contributed by atoms with Gasteiger partial charge in [0, 0.05) is 11.9 Å². The van der Waals surface area contributed by atoms with Gasteiger partial charge < -0.3 is 24.1 Å². The first-order chi connectivity index (χ1) is 17.8. The van der Waals surface area contributed by atoms with Crippen molar-refractivity contribution >= 4 is 40.0 Å². The van der Waals surface area contributed by atoms with Gasteiger partial charge in [-0.15, -0.1) is 21.5 Å². The highest BCUT2D eigenvalue weighted by atomic mass is 32.2. The molecule has 9 nitrogen and oxygen atoms in total. The van der Waals surface area contributed by atoms with Crippen LogP contribution in [0.1, 0.15) is 59.9 Å². The van der Waals surface area contributed by atoms with Crippen LogP contribution in [-0.4, -0.2) is 46.1 Å². The molecule has 1 aliphatic rings. The number of ether oxygens (including phenoxy) is 3. The number of thioether (sulfide) groups is 1. The Morgan fingerprint density at radius 1 is 1.24 bits per heavy atom. The number of methoxy groups -OCH3 is 1. The Labute approximate surface area is 224 Å². The molecule has 1 aromatic carbocycles. The second-order valence-corrected chi connectivity index (χ2v) is 11.0. The third-order valence-electron chi connectivity index (χ3n) is 6.18. The van der Waals surface area contributed by atoms with Gasteiger partial charge in [0.1, 0.15) is 16.5 Å². The molecule has 0 saturated carbocycles. The van der Waals surface area contributed by atoms with Crippen molar-refractivity contribution in [2.75, 3.05) is 24.8 Å². The van der Waals surface area contributed by atoms with Gasteiger partial charge in [0.15, 0.2) is 17.1 Å². The van der Waals surface area contributed by atoms with Crippen LogP contribution in [-0.2, 0) is 29.4 Å². The van der Waals surface area contributed by atoms with E-state index in [1.165, 1.54) is 23.1 Å². The van der Waals surface area contributed by atoms with Crippen molar-refractivity contribution in [1.82, 2.24) is 14.8 Å². The number of carbonyl (C=O) groups excluding carboxylic acids is 2. The molecule has 0 saturated heterocycles. The number of carbonyl (C=O) groups is 2. The molecule has 1 amide bonds. The lowest BCUT2D eigenvalue weighted by Gasteiger charge is -2.18. The van der Waals surface area contributed by atoms with Gasteiger partial charge in [-0.3, -0.25) is 4.79 Å². The number of fused-ring (bicyclic) bond motifs is 1. The Balaban J connectivity index is 1.40. The second-order valence-electron chi connectivity index (χ2n) is 8.95. The number of amides is 1. The molecule has 0 fully saturated rings. The molecule has 2 heterocycles. The van der Waals surface area contributed by atoms with Crippen LogP contribution in [0.3, 0.4) is 0 Å². The number of nitrogens with one attached hydrogen (secondary N) is 1. The standard InChI is InChI=1S/C26H32N4O5S2/c1-6-34-25(32)22-19-12-7-15(2)13-20(19)37-24(22)27-21(31)14-36-26-29-28-23(30(26)4)16(3)35-18-10-8-17(33-5)9-11-18/h8-11,15-16H,6-7,12-14H2,1-5H3,(H,27,31). The molecule has 2 atom stereocenters. The topological polar surface area (TPSA) is 105 Å². The maximum absolute atomic E-state index is 12.9. The summed E-state index contributed by atoms with van der Waals surface area (Å²) in [5.74, 6) is 2.18. The van der Waals surface area contributed by atoms with Gasteiger partial charge in [-0.25, -0.2) is 4.79 Å². The number of anilines is 1. The monoisotopic (exact) mass is 544 g/mol. The van der Waals surface area contributed by atoms with Crippen molar-refractivity contribution in [3.05, 3.63) is 46.1 Å². The fourth-order valence-corrected chi connectivity index (χ4v) is 6.40. The van der Waals surface area contributed by atoms with E-state index in [4.69, 9.17) is 14.2 Å². The van der Waals surface area contributed by atoms with Crippen molar-refractivity contribution in [1.29, 1.82) is 0 Å². The summed E-state index contributed by atoms with van der Waals surface area (Å²) in [5, 5.41) is 12.6. The first-order valence-corrected chi connectivity index (χ1v) is 14.0. The van der Waals surface area contributed by atoms with Crippen LogP contribution in [0.5, 0.6) is 11.5 Å². The van der Waals surface area contributed by atoms with Crippen LogP contribution in [0.15, 0.2) is 29.4 Å². The normalized spacial score (nSPS) is 15.5. The zero-order valence-electron chi connectivity index (χ0n) is 21.7. The van der Waals surface area contributed by atoms with Crippen molar-refractivity contribution in [2.24, 2.45) is 13.0 Å². The first kappa shape index (κ1) is 27.0. The maximum atomic E-state index is 12.9. The van der Waals surface area contributed by atoms with E-state index in [9.17, 15) is 9.59 Å². The summed E-state index contributed by atoms with van der Waals surface area (Å²) in [6.07, 6.45) is 2.41. The fraction of sp³-hybridized carbons (Fsp3) is 0.462. The Bertz CT molecular complexity index is 1250. The van der Waals surface area contributed by atoms with E-state index in [2.05, 4.69) is 22.4 Å². The molecule has 0 radical (unpaired) electrons. The summed E-state index contributed by atoms with van der Waals surface area (Å²) in [6.45, 7) is 6.18. The molecule has 4 rings (SSSR count). The van der Waals surface area contributed by atoms with Crippen LogP contribution in [0.25, 0.3) is 0 Å². The second kappa shape index (κ2) is 12.0. The zero-order valence-corrected chi connectivity index (χ0v) is 23.3. The minimum absolute atomic E-state index is 0.126. The maximum Gasteiger partial charge on any atom is 0.341 e. The lowest BCUT2D eigenvalue weighted by Crippen LogP contribution is -2.18. The molecular formula is C26H32N4O5S2. The molecule has 198 valence electrons. The van der Waals surface area contributed by atoms with Gasteiger partial charge in [-0.1, -0.05) is 18.7 Å². The fourth-order valence-electron chi connectivity index (χ4n) is 4.27. The van der Waals surface area contributed by atoms with Gasteiger partial charge in [-0.2, -0.15) is 0 Å². The average molecular weight is 545 g/mol. The lowest BCUT2D eigenvalue weighted by atomic mass is 9.88. The predicted molar refractivity (Wildman–Crippen MR) is 144 cm³/mol. The third kappa shape index (κ3) is 6.27. The first-order valence-electron chi connectivity index (χ1n) is 12.2. The van der Waals surface area contributed by atoms with E-state index in [1.54, 1.807) is 14.0 Å². The van der Waals surface area contributed by atoms with E-state index in [0.29, 0.717) is 33.2 Å². The summed E-state index contributed by atoms with van der Waals surface area (Å²) in [6, 6.07) is 7.33. The molecule has 37 heavy (non-hydrogen) atoms.